The van der Waals surface area contributed by atoms with E-state index >= 15 is 0 Å². The number of hydrogen-bond donors (Lipinski definition) is 1. The summed E-state index contributed by atoms with van der Waals surface area (Å²) < 4.78 is 5.60. The van der Waals surface area contributed by atoms with E-state index in [1.165, 1.54) is 11.1 Å². The predicted molar refractivity (Wildman–Crippen MR) is 103 cm³/mol. The minimum Gasteiger partial charge on any atom is -0.445 e. The number of carbonyl (C=O) groups is 1. The number of benzene rings is 2. The number of carbonyl (C=O) groups excluding carboxylic acids is 1. The van der Waals surface area contributed by atoms with Crippen molar-refractivity contribution in [3.05, 3.63) is 71.8 Å². The standard InChI is InChI=1S/C22H24N2O2/c23-19-11-9-17(10-12-19)18-13-20-7-4-8-21(14-18)24(20)22(25)26-15-16-5-2-1-3-6-16/h1-3,5-6,9-13,20-21H,4,7-8,14-15,23H2. The van der Waals surface area contributed by atoms with E-state index in [0.29, 0.717) is 6.61 Å². The highest BCUT2D eigenvalue weighted by molar-refractivity contribution is 5.75. The highest BCUT2D eigenvalue weighted by Crippen LogP contribution is 2.37. The first-order valence-electron chi connectivity index (χ1n) is 9.26. The third-order valence-corrected chi connectivity index (χ3v) is 5.33. The van der Waals surface area contributed by atoms with Crippen molar-refractivity contribution in [2.24, 2.45) is 0 Å². The van der Waals surface area contributed by atoms with Crippen LogP contribution in [0.15, 0.2) is 60.7 Å². The number of amides is 1. The van der Waals surface area contributed by atoms with Crippen molar-refractivity contribution in [2.75, 3.05) is 5.73 Å². The molecule has 2 heterocycles. The number of anilines is 1. The fraction of sp³-hybridized carbons (Fsp3) is 0.318. The van der Waals surface area contributed by atoms with Gasteiger partial charge in [-0.3, -0.25) is 4.90 Å². The van der Waals surface area contributed by atoms with Gasteiger partial charge in [0, 0.05) is 11.7 Å². The number of nitrogen functional groups attached to an aromatic ring is 1. The summed E-state index contributed by atoms with van der Waals surface area (Å²) in [5.41, 5.74) is 10.1. The summed E-state index contributed by atoms with van der Waals surface area (Å²) >= 11 is 0. The van der Waals surface area contributed by atoms with E-state index in [2.05, 4.69) is 18.2 Å². The number of ether oxygens (including phenoxy) is 1. The zero-order valence-corrected chi connectivity index (χ0v) is 14.8. The first kappa shape index (κ1) is 16.7. The lowest BCUT2D eigenvalue weighted by molar-refractivity contribution is 0.0510. The molecule has 0 spiro atoms. The van der Waals surface area contributed by atoms with Crippen LogP contribution < -0.4 is 5.73 Å². The molecule has 2 bridgehead atoms. The van der Waals surface area contributed by atoms with Crippen molar-refractivity contribution in [1.29, 1.82) is 0 Å². The number of rotatable bonds is 3. The van der Waals surface area contributed by atoms with Gasteiger partial charge in [0.05, 0.1) is 6.04 Å². The fourth-order valence-corrected chi connectivity index (χ4v) is 4.02. The molecule has 2 N–H and O–H groups in total. The first-order chi connectivity index (χ1) is 12.7. The number of nitrogens with two attached hydrogens (primary N) is 1. The number of fused-ring (bicyclic) bond motifs is 2. The van der Waals surface area contributed by atoms with Crippen LogP contribution in [0.25, 0.3) is 5.57 Å². The van der Waals surface area contributed by atoms with Crippen LogP contribution in [0, 0.1) is 0 Å². The molecule has 1 fully saturated rings. The fourth-order valence-electron chi connectivity index (χ4n) is 4.02. The van der Waals surface area contributed by atoms with Gasteiger partial charge in [-0.15, -0.1) is 0 Å². The Balaban J connectivity index is 1.49. The topological polar surface area (TPSA) is 55.6 Å². The molecule has 2 aromatic carbocycles. The zero-order chi connectivity index (χ0) is 17.9. The maximum atomic E-state index is 12.7. The minimum atomic E-state index is -0.198. The van der Waals surface area contributed by atoms with E-state index in [4.69, 9.17) is 10.5 Å². The van der Waals surface area contributed by atoms with Crippen LogP contribution in [-0.2, 0) is 11.3 Å². The van der Waals surface area contributed by atoms with Crippen LogP contribution in [0.2, 0.25) is 0 Å². The van der Waals surface area contributed by atoms with Gasteiger partial charge in [-0.1, -0.05) is 48.5 Å². The molecule has 134 valence electrons. The van der Waals surface area contributed by atoms with Crippen LogP contribution in [0.3, 0.4) is 0 Å². The van der Waals surface area contributed by atoms with Crippen molar-refractivity contribution in [3.8, 4) is 0 Å². The maximum absolute atomic E-state index is 12.7. The van der Waals surface area contributed by atoms with Crippen molar-refractivity contribution in [3.63, 3.8) is 0 Å². The van der Waals surface area contributed by atoms with Gasteiger partial charge in [0.25, 0.3) is 0 Å². The molecular formula is C22H24N2O2. The Labute approximate surface area is 154 Å². The Bertz CT molecular complexity index is 799. The zero-order valence-electron chi connectivity index (χ0n) is 14.8. The molecule has 1 saturated heterocycles. The van der Waals surface area contributed by atoms with Crippen LogP contribution >= 0.6 is 0 Å². The molecule has 4 nitrogen and oxygen atoms in total. The summed E-state index contributed by atoms with van der Waals surface area (Å²) in [4.78, 5) is 14.7. The van der Waals surface area contributed by atoms with E-state index in [9.17, 15) is 4.79 Å². The Morgan fingerprint density at radius 2 is 1.85 bits per heavy atom. The van der Waals surface area contributed by atoms with Gasteiger partial charge in [-0.05, 0) is 54.5 Å². The maximum Gasteiger partial charge on any atom is 0.410 e. The average Bonchev–Trinajstić information content (AvgIpc) is 2.66. The minimum absolute atomic E-state index is 0.123. The molecule has 0 aromatic heterocycles. The quantitative estimate of drug-likeness (QED) is 0.824. The number of hydrogen-bond acceptors (Lipinski definition) is 3. The van der Waals surface area contributed by atoms with E-state index in [-0.39, 0.29) is 18.2 Å². The first-order valence-corrected chi connectivity index (χ1v) is 9.26. The lowest BCUT2D eigenvalue weighted by Gasteiger charge is -2.44. The molecule has 26 heavy (non-hydrogen) atoms. The van der Waals surface area contributed by atoms with E-state index in [0.717, 1.165) is 36.9 Å². The average molecular weight is 348 g/mol. The molecule has 2 unspecified atom stereocenters. The summed E-state index contributed by atoms with van der Waals surface area (Å²) in [6.07, 6.45) is 6.10. The van der Waals surface area contributed by atoms with E-state index in [1.807, 2.05) is 47.4 Å². The Hall–Kier alpha value is -2.75. The monoisotopic (exact) mass is 348 g/mol. The van der Waals surface area contributed by atoms with Gasteiger partial charge in [0.2, 0.25) is 0 Å². The van der Waals surface area contributed by atoms with Gasteiger partial charge in [0.15, 0.2) is 0 Å². The van der Waals surface area contributed by atoms with Crippen molar-refractivity contribution in [2.45, 2.75) is 44.4 Å². The Kier molecular flexibility index (Phi) is 4.65. The summed E-state index contributed by atoms with van der Waals surface area (Å²) in [6.45, 7) is 0.324. The molecule has 0 aliphatic carbocycles. The molecule has 4 rings (SSSR count). The highest BCUT2D eigenvalue weighted by Gasteiger charge is 2.38. The molecule has 1 amide bonds. The van der Waals surface area contributed by atoms with Gasteiger partial charge >= 0.3 is 6.09 Å². The molecule has 0 radical (unpaired) electrons. The van der Waals surface area contributed by atoms with E-state index < -0.39 is 0 Å². The smallest absolute Gasteiger partial charge is 0.410 e. The van der Waals surface area contributed by atoms with Crippen molar-refractivity contribution in [1.82, 2.24) is 4.90 Å². The van der Waals surface area contributed by atoms with Crippen LogP contribution in [0.1, 0.15) is 36.8 Å². The Morgan fingerprint density at radius 3 is 2.58 bits per heavy atom. The molecule has 2 aromatic rings. The molecule has 4 heteroatoms. The third kappa shape index (κ3) is 3.45. The van der Waals surface area contributed by atoms with Crippen LogP contribution in [0.4, 0.5) is 10.5 Å². The lowest BCUT2D eigenvalue weighted by atomic mass is 9.83. The van der Waals surface area contributed by atoms with Crippen molar-refractivity contribution >= 4 is 17.4 Å². The molecular weight excluding hydrogens is 324 g/mol. The molecule has 2 aliphatic heterocycles. The summed E-state index contributed by atoms with van der Waals surface area (Å²) in [5.74, 6) is 0. The van der Waals surface area contributed by atoms with Crippen LogP contribution in [-0.4, -0.2) is 23.1 Å². The largest absolute Gasteiger partial charge is 0.445 e. The molecule has 0 saturated carbocycles. The number of nitrogens with zero attached hydrogens (tertiary/aromatic N) is 1. The molecule has 2 atom stereocenters. The second kappa shape index (κ2) is 7.24. The lowest BCUT2D eigenvalue weighted by Crippen LogP contribution is -2.51. The summed E-state index contributed by atoms with van der Waals surface area (Å²) in [5, 5.41) is 0. The highest BCUT2D eigenvalue weighted by atomic mass is 16.6. The van der Waals surface area contributed by atoms with Gasteiger partial charge in [-0.2, -0.15) is 0 Å². The number of piperidine rings is 1. The summed E-state index contributed by atoms with van der Waals surface area (Å²) in [7, 11) is 0. The summed E-state index contributed by atoms with van der Waals surface area (Å²) in [6, 6.07) is 18.2. The molecule has 2 aliphatic rings. The second-order valence-electron chi connectivity index (χ2n) is 7.12. The van der Waals surface area contributed by atoms with Crippen molar-refractivity contribution < 1.29 is 9.53 Å². The van der Waals surface area contributed by atoms with Gasteiger partial charge in [-0.25, -0.2) is 4.79 Å². The Morgan fingerprint density at radius 1 is 1.08 bits per heavy atom. The third-order valence-electron chi connectivity index (χ3n) is 5.33. The SMILES string of the molecule is Nc1ccc(C2=CC3CCCC(C2)N3C(=O)OCc2ccccc2)cc1. The predicted octanol–water partition coefficient (Wildman–Crippen LogP) is 4.62. The normalized spacial score (nSPS) is 21.8. The second-order valence-corrected chi connectivity index (χ2v) is 7.12. The van der Waals surface area contributed by atoms with E-state index in [1.54, 1.807) is 0 Å². The van der Waals surface area contributed by atoms with Gasteiger partial charge < -0.3 is 10.5 Å². The van der Waals surface area contributed by atoms with Gasteiger partial charge in [0.1, 0.15) is 6.61 Å². The van der Waals surface area contributed by atoms with Crippen LogP contribution in [0.5, 0.6) is 0 Å².